The minimum atomic E-state index is -0.338. The Bertz CT molecular complexity index is 323. The van der Waals surface area contributed by atoms with Gasteiger partial charge in [-0.1, -0.05) is 13.8 Å². The van der Waals surface area contributed by atoms with E-state index in [1.807, 2.05) is 20.0 Å². The summed E-state index contributed by atoms with van der Waals surface area (Å²) < 4.78 is 5.25. The third kappa shape index (κ3) is 5.35. The van der Waals surface area contributed by atoms with Gasteiger partial charge in [0.2, 0.25) is 0 Å². The second-order valence-corrected chi connectivity index (χ2v) is 4.92. The third-order valence-electron chi connectivity index (χ3n) is 2.69. The van der Waals surface area contributed by atoms with Crippen LogP contribution in [0.5, 0.6) is 0 Å². The lowest BCUT2D eigenvalue weighted by Crippen LogP contribution is -2.38. The number of aliphatic hydroxyl groups is 1. The molecular formula is C13H24N2O2. The molecule has 17 heavy (non-hydrogen) atoms. The number of hydrogen-bond donors (Lipinski definition) is 2. The van der Waals surface area contributed by atoms with E-state index in [2.05, 4.69) is 24.1 Å². The average Bonchev–Trinajstić information content (AvgIpc) is 2.61. The van der Waals surface area contributed by atoms with Crippen LogP contribution in [0.25, 0.3) is 0 Å². The van der Waals surface area contributed by atoms with Crippen LogP contribution in [-0.2, 0) is 6.54 Å². The normalized spacial score (nSPS) is 13.6. The number of aliphatic hydroxyl groups excluding tert-OH is 1. The fourth-order valence-electron chi connectivity index (χ4n) is 1.73. The lowest BCUT2D eigenvalue weighted by Gasteiger charge is -2.21. The van der Waals surface area contributed by atoms with Gasteiger partial charge in [0.05, 0.1) is 12.4 Å². The van der Waals surface area contributed by atoms with Crippen LogP contribution >= 0.6 is 0 Å². The zero-order valence-electron chi connectivity index (χ0n) is 11.2. The van der Waals surface area contributed by atoms with Gasteiger partial charge in [0.1, 0.15) is 5.76 Å². The van der Waals surface area contributed by atoms with Crippen molar-refractivity contribution in [2.24, 2.45) is 0 Å². The van der Waals surface area contributed by atoms with E-state index >= 15 is 0 Å². The maximum absolute atomic E-state index is 9.84. The van der Waals surface area contributed by atoms with Gasteiger partial charge in [0, 0.05) is 31.2 Å². The molecule has 98 valence electrons. The molecule has 1 rings (SSSR count). The first kappa shape index (κ1) is 14.2. The van der Waals surface area contributed by atoms with Gasteiger partial charge in [-0.3, -0.25) is 4.90 Å². The first-order chi connectivity index (χ1) is 7.99. The summed E-state index contributed by atoms with van der Waals surface area (Å²) in [5.74, 6) is 0.951. The topological polar surface area (TPSA) is 48.6 Å². The van der Waals surface area contributed by atoms with Crippen LogP contribution in [0.15, 0.2) is 16.7 Å². The molecule has 0 aromatic carbocycles. The van der Waals surface area contributed by atoms with Crippen molar-refractivity contribution in [2.45, 2.75) is 39.5 Å². The second kappa shape index (κ2) is 6.79. The number of nitrogens with one attached hydrogen (secondary N) is 1. The molecule has 1 heterocycles. The molecule has 0 saturated carbocycles. The number of aryl methyl sites for hydroxylation is 1. The molecule has 4 nitrogen and oxygen atoms in total. The monoisotopic (exact) mass is 240 g/mol. The predicted octanol–water partition coefficient (Wildman–Crippen LogP) is 1.38. The summed E-state index contributed by atoms with van der Waals surface area (Å²) in [5.41, 5.74) is 1.18. The van der Waals surface area contributed by atoms with Gasteiger partial charge >= 0.3 is 0 Å². The summed E-state index contributed by atoms with van der Waals surface area (Å²) in [5, 5.41) is 13.1. The van der Waals surface area contributed by atoms with Crippen molar-refractivity contribution in [3.05, 3.63) is 23.7 Å². The van der Waals surface area contributed by atoms with E-state index in [4.69, 9.17) is 4.42 Å². The standard InChI is InChI=1S/C13H24N2O2/c1-10(2)14-7-13(16)9-15(4)8-12-5-6-17-11(12)3/h5-6,10,13-14,16H,7-9H2,1-4H3. The molecular weight excluding hydrogens is 216 g/mol. The number of rotatable bonds is 7. The van der Waals surface area contributed by atoms with E-state index in [0.29, 0.717) is 19.1 Å². The molecule has 0 amide bonds. The largest absolute Gasteiger partial charge is 0.469 e. The Morgan fingerprint density at radius 3 is 2.71 bits per heavy atom. The Balaban J connectivity index is 2.29. The zero-order chi connectivity index (χ0) is 12.8. The Hall–Kier alpha value is -0.840. The molecule has 0 aliphatic rings. The Kier molecular flexibility index (Phi) is 5.68. The number of likely N-dealkylation sites (N-methyl/N-ethyl adjacent to an activating group) is 1. The molecule has 0 fully saturated rings. The van der Waals surface area contributed by atoms with Crippen molar-refractivity contribution < 1.29 is 9.52 Å². The predicted molar refractivity (Wildman–Crippen MR) is 68.9 cm³/mol. The maximum Gasteiger partial charge on any atom is 0.105 e. The summed E-state index contributed by atoms with van der Waals surface area (Å²) in [6.07, 6.45) is 1.37. The van der Waals surface area contributed by atoms with E-state index in [9.17, 15) is 5.11 Å². The molecule has 2 N–H and O–H groups in total. The van der Waals surface area contributed by atoms with Crippen LogP contribution in [0.4, 0.5) is 0 Å². The second-order valence-electron chi connectivity index (χ2n) is 4.92. The van der Waals surface area contributed by atoms with Gasteiger partial charge in [-0.2, -0.15) is 0 Å². The lowest BCUT2D eigenvalue weighted by molar-refractivity contribution is 0.119. The van der Waals surface area contributed by atoms with Crippen LogP contribution in [0.2, 0.25) is 0 Å². The fourth-order valence-corrected chi connectivity index (χ4v) is 1.73. The minimum Gasteiger partial charge on any atom is -0.469 e. The van der Waals surface area contributed by atoms with Crippen molar-refractivity contribution in [3.63, 3.8) is 0 Å². The average molecular weight is 240 g/mol. The molecule has 0 aliphatic heterocycles. The van der Waals surface area contributed by atoms with Gasteiger partial charge in [0.15, 0.2) is 0 Å². The summed E-state index contributed by atoms with van der Waals surface area (Å²) in [7, 11) is 2.00. The summed E-state index contributed by atoms with van der Waals surface area (Å²) in [4.78, 5) is 2.10. The van der Waals surface area contributed by atoms with Crippen LogP contribution in [0, 0.1) is 6.92 Å². The Morgan fingerprint density at radius 2 is 2.18 bits per heavy atom. The molecule has 1 atom stereocenters. The molecule has 0 radical (unpaired) electrons. The minimum absolute atomic E-state index is 0.338. The first-order valence-corrected chi connectivity index (χ1v) is 6.12. The zero-order valence-corrected chi connectivity index (χ0v) is 11.2. The van der Waals surface area contributed by atoms with Crippen LogP contribution < -0.4 is 5.32 Å². The number of hydrogen-bond acceptors (Lipinski definition) is 4. The van der Waals surface area contributed by atoms with E-state index in [1.54, 1.807) is 6.26 Å². The fraction of sp³-hybridized carbons (Fsp3) is 0.692. The Labute approximate surface area is 104 Å². The SMILES string of the molecule is Cc1occc1CN(C)CC(O)CNC(C)C. The highest BCUT2D eigenvalue weighted by atomic mass is 16.3. The maximum atomic E-state index is 9.84. The van der Waals surface area contributed by atoms with E-state index in [0.717, 1.165) is 12.3 Å². The van der Waals surface area contributed by atoms with Crippen LogP contribution in [0.1, 0.15) is 25.2 Å². The smallest absolute Gasteiger partial charge is 0.105 e. The number of nitrogens with zero attached hydrogens (tertiary/aromatic N) is 1. The van der Waals surface area contributed by atoms with Crippen molar-refractivity contribution in [2.75, 3.05) is 20.1 Å². The highest BCUT2D eigenvalue weighted by molar-refractivity contribution is 5.14. The highest BCUT2D eigenvalue weighted by Crippen LogP contribution is 2.10. The van der Waals surface area contributed by atoms with Crippen LogP contribution in [-0.4, -0.2) is 42.3 Å². The van der Waals surface area contributed by atoms with Crippen molar-refractivity contribution in [1.82, 2.24) is 10.2 Å². The quantitative estimate of drug-likeness (QED) is 0.756. The van der Waals surface area contributed by atoms with E-state index in [1.165, 1.54) is 5.56 Å². The van der Waals surface area contributed by atoms with Crippen molar-refractivity contribution in [1.29, 1.82) is 0 Å². The van der Waals surface area contributed by atoms with Gasteiger partial charge in [-0.25, -0.2) is 0 Å². The molecule has 0 aliphatic carbocycles. The van der Waals surface area contributed by atoms with Gasteiger partial charge < -0.3 is 14.8 Å². The highest BCUT2D eigenvalue weighted by Gasteiger charge is 2.10. The van der Waals surface area contributed by atoms with E-state index in [-0.39, 0.29) is 6.10 Å². The molecule has 0 bridgehead atoms. The lowest BCUT2D eigenvalue weighted by atomic mass is 10.2. The van der Waals surface area contributed by atoms with Gasteiger partial charge in [-0.05, 0) is 20.0 Å². The molecule has 1 unspecified atom stereocenters. The Morgan fingerprint density at radius 1 is 1.47 bits per heavy atom. The van der Waals surface area contributed by atoms with Gasteiger partial charge in [0.25, 0.3) is 0 Å². The summed E-state index contributed by atoms with van der Waals surface area (Å²) in [6.45, 7) is 8.20. The summed E-state index contributed by atoms with van der Waals surface area (Å²) >= 11 is 0. The van der Waals surface area contributed by atoms with Gasteiger partial charge in [-0.15, -0.1) is 0 Å². The van der Waals surface area contributed by atoms with E-state index < -0.39 is 0 Å². The summed E-state index contributed by atoms with van der Waals surface area (Å²) in [6, 6.07) is 2.39. The van der Waals surface area contributed by atoms with Crippen molar-refractivity contribution >= 4 is 0 Å². The molecule has 0 saturated heterocycles. The molecule has 0 spiro atoms. The van der Waals surface area contributed by atoms with Crippen molar-refractivity contribution in [3.8, 4) is 0 Å². The number of furan rings is 1. The molecule has 4 heteroatoms. The molecule has 1 aromatic rings. The van der Waals surface area contributed by atoms with Crippen LogP contribution in [0.3, 0.4) is 0 Å². The third-order valence-corrected chi connectivity index (χ3v) is 2.69. The molecule has 1 aromatic heterocycles. The first-order valence-electron chi connectivity index (χ1n) is 6.12.